The Morgan fingerprint density at radius 2 is 1.13 bits per heavy atom. The second-order valence-corrected chi connectivity index (χ2v) is 14.4. The van der Waals surface area contributed by atoms with Crippen molar-refractivity contribution in [2.45, 2.75) is 113 Å². The van der Waals surface area contributed by atoms with Gasteiger partial charge >= 0.3 is 24.3 Å². The molecule has 4 atom stereocenters. The minimum Gasteiger partial charge on any atom is -0.480 e. The fraction of sp³-hybridized carbons (Fsp3) is 0.538. The molecule has 1 saturated heterocycles. The summed E-state index contributed by atoms with van der Waals surface area (Å²) in [6.07, 6.45) is -9.79. The van der Waals surface area contributed by atoms with E-state index in [0.29, 0.717) is 24.9 Å². The largest absolute Gasteiger partial charge is 0.490 e. The molecule has 11 N–H and O–H groups in total. The summed E-state index contributed by atoms with van der Waals surface area (Å²) < 4.78 is 70.7. The summed E-state index contributed by atoms with van der Waals surface area (Å²) in [7, 11) is 0. The number of halogens is 6. The highest BCUT2D eigenvalue weighted by Crippen LogP contribution is 2.24. The summed E-state index contributed by atoms with van der Waals surface area (Å²) in [6, 6.07) is 13.2. The maximum atomic E-state index is 13.9. The number of nitrogens with one attached hydrogen (secondary N) is 3. The Morgan fingerprint density at radius 1 is 0.683 bits per heavy atom. The Bertz CT molecular complexity index is 1700. The van der Waals surface area contributed by atoms with Crippen molar-refractivity contribution >= 4 is 35.6 Å². The van der Waals surface area contributed by atoms with E-state index < -0.39 is 84.0 Å². The number of amides is 4. The minimum absolute atomic E-state index is 0.00104. The molecule has 1 fully saturated rings. The first-order chi connectivity index (χ1) is 28.1. The zero-order valence-corrected chi connectivity index (χ0v) is 32.8. The Hall–Kier alpha value is -5.28. The average Bonchev–Trinajstić information content (AvgIpc) is 3.18. The van der Waals surface area contributed by atoms with Gasteiger partial charge in [-0.15, -0.1) is 0 Å². The Labute approximate surface area is 342 Å². The molecule has 60 heavy (non-hydrogen) atoms. The number of benzene rings is 2. The molecule has 0 radical (unpaired) electrons. The molecule has 0 saturated carbocycles. The second-order valence-electron chi connectivity index (χ2n) is 14.4. The molecule has 15 nitrogen and oxygen atoms in total. The van der Waals surface area contributed by atoms with E-state index in [-0.39, 0.29) is 64.5 Å². The lowest BCUT2D eigenvalue weighted by molar-refractivity contribution is -0.192. The normalized spacial score (nSPS) is 15.8. The third-order valence-electron chi connectivity index (χ3n) is 9.58. The molecule has 4 amide bonds. The molecule has 1 heterocycles. The monoisotopic (exact) mass is 861 g/mol. The average molecular weight is 862 g/mol. The Morgan fingerprint density at radius 3 is 1.62 bits per heavy atom. The predicted octanol–water partition coefficient (Wildman–Crippen LogP) is 2.54. The van der Waals surface area contributed by atoms with E-state index >= 15 is 0 Å². The molecule has 3 rings (SSSR count). The molecule has 0 aliphatic carbocycles. The number of nitrogens with zero attached hydrogens (tertiary/aromatic N) is 1. The molecule has 334 valence electrons. The van der Waals surface area contributed by atoms with Gasteiger partial charge in [0.05, 0.1) is 6.04 Å². The number of nitrogens with two attached hydrogens (primary N) is 3. The van der Waals surface area contributed by atoms with Crippen LogP contribution in [0.5, 0.6) is 0 Å². The van der Waals surface area contributed by atoms with Crippen LogP contribution >= 0.6 is 0 Å². The van der Waals surface area contributed by atoms with Gasteiger partial charge in [-0.25, -0.2) is 4.79 Å². The number of aliphatic carboxylic acids is 2. The quantitative estimate of drug-likeness (QED) is 0.0709. The third kappa shape index (κ3) is 18.3. The van der Waals surface area contributed by atoms with Crippen LogP contribution in [0.1, 0.15) is 68.9 Å². The van der Waals surface area contributed by atoms with E-state index in [2.05, 4.69) is 16.0 Å². The number of carbonyl (C=O) groups excluding carboxylic acids is 4. The van der Waals surface area contributed by atoms with Crippen molar-refractivity contribution < 1.29 is 65.3 Å². The molecular formula is C39H53F6N7O8. The van der Waals surface area contributed by atoms with Gasteiger partial charge in [-0.1, -0.05) is 67.1 Å². The molecular weight excluding hydrogens is 808 g/mol. The van der Waals surface area contributed by atoms with Crippen molar-refractivity contribution in [1.29, 1.82) is 0 Å². The van der Waals surface area contributed by atoms with Crippen LogP contribution in [-0.2, 0) is 41.6 Å². The van der Waals surface area contributed by atoms with Crippen molar-refractivity contribution in [2.75, 3.05) is 19.6 Å². The first-order valence-electron chi connectivity index (χ1n) is 19.2. The van der Waals surface area contributed by atoms with Crippen LogP contribution in [-0.4, -0.2) is 112 Å². The Kier molecular flexibility index (Phi) is 20.4. The van der Waals surface area contributed by atoms with E-state index in [4.69, 9.17) is 27.1 Å². The van der Waals surface area contributed by atoms with E-state index in [1.54, 1.807) is 42.5 Å². The second kappa shape index (κ2) is 24.1. The van der Waals surface area contributed by atoms with Crippen molar-refractivity contribution in [2.24, 2.45) is 17.2 Å². The summed E-state index contributed by atoms with van der Waals surface area (Å²) >= 11 is 0. The number of unbranched alkanes of at least 4 members (excludes halogenated alkanes) is 2. The number of likely N-dealkylation sites (tertiary alicyclic amines) is 1. The van der Waals surface area contributed by atoms with Crippen molar-refractivity contribution in [3.05, 3.63) is 71.8 Å². The van der Waals surface area contributed by atoms with Gasteiger partial charge in [-0.3, -0.25) is 24.0 Å². The highest BCUT2D eigenvalue weighted by Gasteiger charge is 2.41. The zero-order chi connectivity index (χ0) is 45.1. The first-order valence-corrected chi connectivity index (χ1v) is 19.2. The zero-order valence-electron chi connectivity index (χ0n) is 32.8. The van der Waals surface area contributed by atoms with E-state index in [1.807, 2.05) is 18.2 Å². The number of rotatable bonds is 20. The smallest absolute Gasteiger partial charge is 0.480 e. The maximum absolute atomic E-state index is 13.9. The van der Waals surface area contributed by atoms with Crippen LogP contribution in [0, 0.1) is 0 Å². The van der Waals surface area contributed by atoms with Crippen LogP contribution in [0.25, 0.3) is 0 Å². The van der Waals surface area contributed by atoms with Crippen molar-refractivity contribution in [3.63, 3.8) is 0 Å². The van der Waals surface area contributed by atoms with Gasteiger partial charge < -0.3 is 48.3 Å². The van der Waals surface area contributed by atoms with E-state index in [9.17, 15) is 55.4 Å². The molecule has 2 aromatic rings. The SMILES string of the molecule is NCCCC[C@@H](NC(=O)C(CCCCC(F)(F)F)NC(=O)[C@@H](Cc1ccccc1)NC(=O)[C@H](N)Cc1ccccc1)C(=O)N1CCC(N)(C(=O)O)CC1.O=C(O)C(F)(F)F. The van der Waals surface area contributed by atoms with E-state index in [0.717, 1.165) is 5.56 Å². The van der Waals surface area contributed by atoms with Gasteiger partial charge in [0, 0.05) is 25.9 Å². The highest BCUT2D eigenvalue weighted by atomic mass is 19.4. The summed E-state index contributed by atoms with van der Waals surface area (Å²) in [5, 5.41) is 24.6. The molecule has 1 unspecified atom stereocenters. The van der Waals surface area contributed by atoms with Crippen LogP contribution in [0.15, 0.2) is 60.7 Å². The molecule has 0 spiro atoms. The fourth-order valence-electron chi connectivity index (χ4n) is 6.10. The predicted molar refractivity (Wildman–Crippen MR) is 206 cm³/mol. The number of hydrogen-bond acceptors (Lipinski definition) is 9. The Balaban J connectivity index is 0.00000162. The van der Waals surface area contributed by atoms with Gasteiger partial charge in [-0.2, -0.15) is 26.3 Å². The summed E-state index contributed by atoms with van der Waals surface area (Å²) in [5.74, 6) is -6.59. The van der Waals surface area contributed by atoms with Gasteiger partial charge in [0.15, 0.2) is 0 Å². The molecule has 1 aliphatic rings. The minimum atomic E-state index is -5.08. The number of alkyl halides is 6. The molecule has 0 bridgehead atoms. The van der Waals surface area contributed by atoms with Gasteiger partial charge in [0.2, 0.25) is 23.6 Å². The van der Waals surface area contributed by atoms with Crippen LogP contribution in [0.2, 0.25) is 0 Å². The molecule has 21 heteroatoms. The lowest BCUT2D eigenvalue weighted by Gasteiger charge is -2.38. The highest BCUT2D eigenvalue weighted by molar-refractivity contribution is 5.95. The van der Waals surface area contributed by atoms with E-state index in [1.165, 1.54) is 4.90 Å². The third-order valence-corrected chi connectivity index (χ3v) is 9.58. The topological polar surface area (TPSA) is 260 Å². The van der Waals surface area contributed by atoms with Crippen LogP contribution < -0.4 is 33.2 Å². The molecule has 0 aromatic heterocycles. The first kappa shape index (κ1) is 50.9. The lowest BCUT2D eigenvalue weighted by atomic mass is 9.88. The number of carbonyl (C=O) groups is 6. The van der Waals surface area contributed by atoms with Crippen LogP contribution in [0.3, 0.4) is 0 Å². The van der Waals surface area contributed by atoms with Gasteiger partial charge in [0.1, 0.15) is 23.7 Å². The van der Waals surface area contributed by atoms with Crippen molar-refractivity contribution in [1.82, 2.24) is 20.9 Å². The number of carboxylic acids is 2. The molecule has 1 aliphatic heterocycles. The number of hydrogen-bond donors (Lipinski definition) is 8. The van der Waals surface area contributed by atoms with Gasteiger partial charge in [-0.05, 0) is 69.0 Å². The summed E-state index contributed by atoms with van der Waals surface area (Å²) in [5.41, 5.74) is 17.8. The summed E-state index contributed by atoms with van der Waals surface area (Å²) in [6.45, 7) is 0.403. The molecule has 2 aromatic carbocycles. The van der Waals surface area contributed by atoms with Gasteiger partial charge in [0.25, 0.3) is 0 Å². The summed E-state index contributed by atoms with van der Waals surface area (Å²) in [4.78, 5) is 76.6. The van der Waals surface area contributed by atoms with Crippen LogP contribution in [0.4, 0.5) is 26.3 Å². The van der Waals surface area contributed by atoms with Crippen molar-refractivity contribution in [3.8, 4) is 0 Å². The standard InChI is InChI=1S/C37H52F3N7O6.C2HF3O2/c38-37(39,40)17-9-7-15-28(32(49)45-29(16-8-10-20-41)34(51)47-21-18-36(43,19-22-47)35(52)53)44-33(50)30(24-26-13-5-2-6-14-26)46-31(48)27(42)23-25-11-3-1-4-12-25;3-2(4,5)1(6)7/h1-6,11-14,27-30H,7-10,15-24,41-43H2,(H,44,50)(H,45,49)(H,46,48)(H,52,53);(H,6,7)/t27-,28?,29-,30-;/m1./s1. The lowest BCUT2D eigenvalue weighted by Crippen LogP contribution is -2.60. The fourth-order valence-corrected chi connectivity index (χ4v) is 6.10. The number of piperidine rings is 1. The maximum Gasteiger partial charge on any atom is 0.490 e. The number of carboxylic acid groups (broad SMARTS) is 2.